The van der Waals surface area contributed by atoms with Gasteiger partial charge in [-0.05, 0) is 6.92 Å². The largest absolute Gasteiger partial charge is 0.374 e. The van der Waals surface area contributed by atoms with E-state index in [0.29, 0.717) is 24.7 Å². The molecule has 4 nitrogen and oxygen atoms in total. The lowest BCUT2D eigenvalue weighted by atomic mass is 10.1. The number of benzene rings is 1. The van der Waals surface area contributed by atoms with Crippen LogP contribution >= 0.6 is 0 Å². The third-order valence-corrected chi connectivity index (χ3v) is 2.36. The molecule has 0 amide bonds. The Balaban J connectivity index is 2.34. The number of H-pyrrole nitrogens is 1. The monoisotopic (exact) mass is 227 g/mol. The maximum absolute atomic E-state index is 9.05. The molecule has 1 N–H and O–H groups in total. The van der Waals surface area contributed by atoms with Crippen LogP contribution < -0.4 is 0 Å². The molecular weight excluding hydrogens is 214 g/mol. The molecule has 0 aliphatic carbocycles. The van der Waals surface area contributed by atoms with Crippen LogP contribution in [0.2, 0.25) is 0 Å². The summed E-state index contributed by atoms with van der Waals surface area (Å²) in [6.45, 7) is 2.95. The van der Waals surface area contributed by atoms with Gasteiger partial charge >= 0.3 is 0 Å². The maximum atomic E-state index is 9.05. The zero-order valence-corrected chi connectivity index (χ0v) is 9.60. The van der Waals surface area contributed by atoms with Gasteiger partial charge in [0.25, 0.3) is 0 Å². The number of ether oxygens (including phenoxy) is 1. The Morgan fingerprint density at radius 3 is 2.76 bits per heavy atom. The standard InChI is InChI=1S/C13H13N3O/c1-2-17-9-12-15-11(8-14)13(16-12)10-6-4-3-5-7-10/h3-7H,2,9H2,1H3,(H,15,16). The number of aromatic amines is 1. The molecule has 1 aromatic carbocycles. The average molecular weight is 227 g/mol. The highest BCUT2D eigenvalue weighted by Crippen LogP contribution is 2.20. The molecule has 2 aromatic rings. The predicted molar refractivity (Wildman–Crippen MR) is 64.1 cm³/mol. The summed E-state index contributed by atoms with van der Waals surface area (Å²) in [6, 6.07) is 11.8. The van der Waals surface area contributed by atoms with Crippen LogP contribution in [-0.2, 0) is 11.3 Å². The van der Waals surface area contributed by atoms with Crippen molar-refractivity contribution in [3.63, 3.8) is 0 Å². The van der Waals surface area contributed by atoms with Gasteiger partial charge in [0.05, 0.1) is 5.69 Å². The van der Waals surface area contributed by atoms with Gasteiger partial charge in [0.1, 0.15) is 18.5 Å². The van der Waals surface area contributed by atoms with Crippen molar-refractivity contribution in [1.29, 1.82) is 5.26 Å². The summed E-state index contributed by atoms with van der Waals surface area (Å²) in [7, 11) is 0. The number of hydrogen-bond donors (Lipinski definition) is 1. The molecule has 0 atom stereocenters. The van der Waals surface area contributed by atoms with E-state index in [-0.39, 0.29) is 0 Å². The third kappa shape index (κ3) is 2.52. The number of nitrogens with zero attached hydrogens (tertiary/aromatic N) is 2. The Kier molecular flexibility index (Phi) is 3.53. The van der Waals surface area contributed by atoms with Crippen LogP contribution in [-0.4, -0.2) is 16.6 Å². The first-order valence-electron chi connectivity index (χ1n) is 5.47. The van der Waals surface area contributed by atoms with Crippen molar-refractivity contribution < 1.29 is 4.74 Å². The Hall–Kier alpha value is -2.12. The number of nitriles is 1. The molecule has 0 saturated heterocycles. The molecule has 17 heavy (non-hydrogen) atoms. The van der Waals surface area contributed by atoms with Gasteiger partial charge in [0, 0.05) is 12.2 Å². The van der Waals surface area contributed by atoms with Crippen LogP contribution in [0.3, 0.4) is 0 Å². The van der Waals surface area contributed by atoms with Crippen LogP contribution in [0.25, 0.3) is 11.3 Å². The molecule has 0 bridgehead atoms. The Morgan fingerprint density at radius 2 is 2.12 bits per heavy atom. The highest BCUT2D eigenvalue weighted by atomic mass is 16.5. The van der Waals surface area contributed by atoms with Crippen LogP contribution in [0.4, 0.5) is 0 Å². The second-order valence-electron chi connectivity index (χ2n) is 3.52. The summed E-state index contributed by atoms with van der Waals surface area (Å²) in [5.41, 5.74) is 2.12. The van der Waals surface area contributed by atoms with Crippen molar-refractivity contribution in [2.24, 2.45) is 0 Å². The molecule has 1 heterocycles. The molecule has 1 aromatic heterocycles. The van der Waals surface area contributed by atoms with E-state index in [1.165, 1.54) is 0 Å². The van der Waals surface area contributed by atoms with Crippen LogP contribution in [0.15, 0.2) is 30.3 Å². The molecule has 0 aliphatic heterocycles. The van der Waals surface area contributed by atoms with Gasteiger partial charge < -0.3 is 9.72 Å². The predicted octanol–water partition coefficient (Wildman–Crippen LogP) is 2.48. The lowest BCUT2D eigenvalue weighted by molar-refractivity contribution is 0.129. The molecular formula is C13H13N3O. The van der Waals surface area contributed by atoms with Crippen LogP contribution in [0.1, 0.15) is 18.4 Å². The van der Waals surface area contributed by atoms with E-state index in [4.69, 9.17) is 10.00 Å². The van der Waals surface area contributed by atoms with Crippen molar-refractivity contribution in [2.75, 3.05) is 6.61 Å². The molecule has 0 unspecified atom stereocenters. The lowest BCUT2D eigenvalue weighted by Crippen LogP contribution is -1.93. The minimum atomic E-state index is 0.401. The summed E-state index contributed by atoms with van der Waals surface area (Å²) in [6.07, 6.45) is 0. The van der Waals surface area contributed by atoms with Gasteiger partial charge in [-0.2, -0.15) is 5.26 Å². The van der Waals surface area contributed by atoms with Crippen LogP contribution in [0, 0.1) is 11.3 Å². The number of aromatic nitrogens is 2. The minimum absolute atomic E-state index is 0.401. The summed E-state index contributed by atoms with van der Waals surface area (Å²) >= 11 is 0. The SMILES string of the molecule is CCOCc1nc(C#N)c(-c2ccccc2)[nH]1. The quantitative estimate of drug-likeness (QED) is 0.872. The Morgan fingerprint density at radius 1 is 1.35 bits per heavy atom. The number of rotatable bonds is 4. The van der Waals surface area contributed by atoms with E-state index in [9.17, 15) is 0 Å². The van der Waals surface area contributed by atoms with Gasteiger partial charge in [-0.25, -0.2) is 4.98 Å². The topological polar surface area (TPSA) is 61.7 Å². The van der Waals surface area contributed by atoms with Gasteiger partial charge in [-0.15, -0.1) is 0 Å². The molecule has 4 heteroatoms. The first kappa shape index (κ1) is 11.4. The van der Waals surface area contributed by atoms with Crippen molar-refractivity contribution in [1.82, 2.24) is 9.97 Å². The summed E-state index contributed by atoms with van der Waals surface area (Å²) in [5.74, 6) is 0.683. The smallest absolute Gasteiger partial charge is 0.166 e. The van der Waals surface area contributed by atoms with Crippen molar-refractivity contribution in [2.45, 2.75) is 13.5 Å². The Bertz CT molecular complexity index is 525. The maximum Gasteiger partial charge on any atom is 0.166 e. The molecule has 2 rings (SSSR count). The Labute approximate surface area is 99.9 Å². The fourth-order valence-corrected chi connectivity index (χ4v) is 1.58. The number of nitrogens with one attached hydrogen (secondary N) is 1. The fraction of sp³-hybridized carbons (Fsp3) is 0.231. The van der Waals surface area contributed by atoms with Crippen LogP contribution in [0.5, 0.6) is 0 Å². The van der Waals surface area contributed by atoms with E-state index in [1.807, 2.05) is 37.3 Å². The molecule has 0 radical (unpaired) electrons. The second-order valence-corrected chi connectivity index (χ2v) is 3.52. The number of imidazole rings is 1. The van der Waals surface area contributed by atoms with E-state index < -0.39 is 0 Å². The van der Waals surface area contributed by atoms with Gasteiger partial charge in [0.15, 0.2) is 5.69 Å². The highest BCUT2D eigenvalue weighted by molar-refractivity contribution is 5.64. The average Bonchev–Trinajstić information content (AvgIpc) is 2.80. The molecule has 86 valence electrons. The zero-order chi connectivity index (χ0) is 12.1. The first-order valence-corrected chi connectivity index (χ1v) is 5.47. The first-order chi connectivity index (χ1) is 8.35. The minimum Gasteiger partial charge on any atom is -0.374 e. The van der Waals surface area contributed by atoms with Crippen molar-refractivity contribution in [3.05, 3.63) is 41.9 Å². The second kappa shape index (κ2) is 5.28. The van der Waals surface area contributed by atoms with Gasteiger partial charge in [0.2, 0.25) is 0 Å². The van der Waals surface area contributed by atoms with E-state index in [2.05, 4.69) is 16.0 Å². The number of hydrogen-bond acceptors (Lipinski definition) is 3. The summed E-state index contributed by atoms with van der Waals surface area (Å²) < 4.78 is 5.27. The van der Waals surface area contributed by atoms with E-state index >= 15 is 0 Å². The normalized spacial score (nSPS) is 10.1. The summed E-state index contributed by atoms with van der Waals surface area (Å²) in [5, 5.41) is 9.05. The van der Waals surface area contributed by atoms with Crippen molar-refractivity contribution >= 4 is 0 Å². The molecule has 0 fully saturated rings. The highest BCUT2D eigenvalue weighted by Gasteiger charge is 2.11. The molecule has 0 saturated carbocycles. The lowest BCUT2D eigenvalue weighted by Gasteiger charge is -1.97. The zero-order valence-electron chi connectivity index (χ0n) is 9.60. The fourth-order valence-electron chi connectivity index (χ4n) is 1.58. The van der Waals surface area contributed by atoms with Crippen molar-refractivity contribution in [3.8, 4) is 17.3 Å². The van der Waals surface area contributed by atoms with Gasteiger partial charge in [-0.3, -0.25) is 0 Å². The molecule has 0 spiro atoms. The summed E-state index contributed by atoms with van der Waals surface area (Å²) in [4.78, 5) is 7.33. The van der Waals surface area contributed by atoms with E-state index in [0.717, 1.165) is 11.3 Å². The third-order valence-electron chi connectivity index (χ3n) is 2.36. The van der Waals surface area contributed by atoms with Gasteiger partial charge in [-0.1, -0.05) is 30.3 Å². The van der Waals surface area contributed by atoms with E-state index in [1.54, 1.807) is 0 Å². The molecule has 0 aliphatic rings.